The van der Waals surface area contributed by atoms with Crippen LogP contribution in [0, 0.1) is 5.41 Å². The Balaban J connectivity index is 1.77. The molecule has 1 aromatic rings. The minimum atomic E-state index is -0.336. The first-order chi connectivity index (χ1) is 9.57. The van der Waals surface area contributed by atoms with Gasteiger partial charge in [0.2, 0.25) is 0 Å². The maximum absolute atomic E-state index is 11.4. The molecule has 1 saturated heterocycles. The molecule has 5 heteroatoms. The van der Waals surface area contributed by atoms with Crippen molar-refractivity contribution in [3.8, 4) is 0 Å². The highest BCUT2D eigenvalue weighted by molar-refractivity contribution is 9.10. The largest absolute Gasteiger partial charge is 0.467 e. The van der Waals surface area contributed by atoms with Crippen LogP contribution in [-0.2, 0) is 19.9 Å². The Morgan fingerprint density at radius 1 is 1.30 bits per heavy atom. The summed E-state index contributed by atoms with van der Waals surface area (Å²) in [6, 6.07) is 8.17. The van der Waals surface area contributed by atoms with Gasteiger partial charge in [0.1, 0.15) is 6.61 Å². The fourth-order valence-corrected chi connectivity index (χ4v) is 3.55. The summed E-state index contributed by atoms with van der Waals surface area (Å²) in [6.45, 7) is 2.11. The summed E-state index contributed by atoms with van der Waals surface area (Å²) in [7, 11) is 1.39. The highest BCUT2D eigenvalue weighted by Gasteiger charge is 2.59. The van der Waals surface area contributed by atoms with Crippen LogP contribution in [0.15, 0.2) is 28.7 Å². The molecule has 20 heavy (non-hydrogen) atoms. The number of rotatable bonds is 4. The van der Waals surface area contributed by atoms with Crippen molar-refractivity contribution in [2.45, 2.75) is 18.4 Å². The van der Waals surface area contributed by atoms with E-state index in [1.54, 1.807) is 0 Å². The average molecular weight is 340 g/mol. The van der Waals surface area contributed by atoms with Crippen LogP contribution >= 0.6 is 15.9 Å². The molecule has 1 N–H and O–H groups in total. The fraction of sp³-hybridized carbons (Fsp3) is 0.533. The molecule has 0 bridgehead atoms. The number of esters is 1. The summed E-state index contributed by atoms with van der Waals surface area (Å²) in [5.41, 5.74) is 1.17. The van der Waals surface area contributed by atoms with E-state index in [2.05, 4.69) is 38.1 Å². The topological polar surface area (TPSA) is 47.6 Å². The Morgan fingerprint density at radius 2 is 1.95 bits per heavy atom. The van der Waals surface area contributed by atoms with E-state index in [1.807, 2.05) is 12.1 Å². The number of nitrogens with one attached hydrogen (secondary N) is 1. The third-order valence-corrected chi connectivity index (χ3v) is 4.91. The van der Waals surface area contributed by atoms with Crippen LogP contribution in [0.4, 0.5) is 0 Å². The first-order valence-electron chi connectivity index (χ1n) is 6.75. The second kappa shape index (κ2) is 5.13. The molecule has 1 aliphatic heterocycles. The molecule has 1 saturated carbocycles. The first-order valence-corrected chi connectivity index (χ1v) is 7.54. The van der Waals surface area contributed by atoms with E-state index in [0.29, 0.717) is 5.41 Å². The van der Waals surface area contributed by atoms with E-state index in [-0.39, 0.29) is 18.2 Å². The number of ether oxygens (including phenoxy) is 2. The number of hydrogen-bond acceptors (Lipinski definition) is 4. The van der Waals surface area contributed by atoms with Gasteiger partial charge in [0.05, 0.1) is 12.7 Å². The molecule has 0 aromatic heterocycles. The van der Waals surface area contributed by atoms with Gasteiger partial charge < -0.3 is 14.8 Å². The smallest absolute Gasteiger partial charge is 0.331 e. The molecule has 1 aliphatic carbocycles. The molecule has 2 aliphatic rings. The predicted octanol–water partition coefficient (Wildman–Crippen LogP) is 2.22. The number of carbonyl (C=O) groups is 1. The fourth-order valence-electron chi connectivity index (χ4n) is 3.29. The molecular formula is C15H18BrNO3. The molecule has 108 valence electrons. The summed E-state index contributed by atoms with van der Waals surface area (Å²) in [4.78, 5) is 11.4. The molecule has 0 amide bonds. The normalized spacial score (nSPS) is 21.9. The number of hydrogen-bond donors (Lipinski definition) is 1. The predicted molar refractivity (Wildman–Crippen MR) is 78.3 cm³/mol. The van der Waals surface area contributed by atoms with Crippen LogP contribution in [0.2, 0.25) is 0 Å². The minimum Gasteiger partial charge on any atom is -0.467 e. The van der Waals surface area contributed by atoms with Crippen molar-refractivity contribution < 1.29 is 14.3 Å². The lowest BCUT2D eigenvalue weighted by molar-refractivity contribution is -0.201. The Kier molecular flexibility index (Phi) is 3.60. The van der Waals surface area contributed by atoms with E-state index in [0.717, 1.165) is 36.0 Å². The molecule has 1 aromatic carbocycles. The molecule has 1 heterocycles. The lowest BCUT2D eigenvalue weighted by Crippen LogP contribution is -2.66. The van der Waals surface area contributed by atoms with Gasteiger partial charge in [0.25, 0.3) is 0 Å². The van der Waals surface area contributed by atoms with E-state index in [9.17, 15) is 4.79 Å². The molecule has 0 atom stereocenters. The molecule has 0 unspecified atom stereocenters. The maximum atomic E-state index is 11.4. The quantitative estimate of drug-likeness (QED) is 0.854. The van der Waals surface area contributed by atoms with Crippen LogP contribution in [0.1, 0.15) is 18.4 Å². The maximum Gasteiger partial charge on any atom is 0.331 e. The summed E-state index contributed by atoms with van der Waals surface area (Å²) < 4.78 is 11.7. The molecule has 2 fully saturated rings. The first kappa shape index (κ1) is 14.0. The standard InChI is InChI=1S/C15H18BrNO3/c1-19-13(18)6-20-15(7-14(8-15)9-17-10-14)11-2-4-12(16)5-3-11/h2-5,17H,6-10H2,1H3. The Morgan fingerprint density at radius 3 is 2.45 bits per heavy atom. The van der Waals surface area contributed by atoms with Crippen molar-refractivity contribution in [3.05, 3.63) is 34.3 Å². The van der Waals surface area contributed by atoms with Crippen LogP contribution in [0.3, 0.4) is 0 Å². The van der Waals surface area contributed by atoms with Crippen molar-refractivity contribution in [3.63, 3.8) is 0 Å². The number of halogens is 1. The third-order valence-electron chi connectivity index (χ3n) is 4.39. The van der Waals surface area contributed by atoms with Gasteiger partial charge in [-0.1, -0.05) is 28.1 Å². The van der Waals surface area contributed by atoms with Gasteiger partial charge in [0.15, 0.2) is 0 Å². The number of benzene rings is 1. The van der Waals surface area contributed by atoms with Gasteiger partial charge in [-0.05, 0) is 30.5 Å². The Bertz CT molecular complexity index is 502. The third kappa shape index (κ3) is 2.38. The minimum absolute atomic E-state index is 0.00999. The van der Waals surface area contributed by atoms with Crippen molar-refractivity contribution in [1.29, 1.82) is 0 Å². The lowest BCUT2D eigenvalue weighted by Gasteiger charge is -2.60. The van der Waals surface area contributed by atoms with E-state index < -0.39 is 0 Å². The zero-order chi connectivity index (χ0) is 14.2. The van der Waals surface area contributed by atoms with Gasteiger partial charge in [-0.3, -0.25) is 0 Å². The highest BCUT2D eigenvalue weighted by Crippen LogP contribution is 2.58. The monoisotopic (exact) mass is 339 g/mol. The van der Waals surface area contributed by atoms with Gasteiger partial charge in [-0.25, -0.2) is 4.79 Å². The zero-order valence-electron chi connectivity index (χ0n) is 11.4. The Hall–Kier alpha value is -0.910. The van der Waals surface area contributed by atoms with Crippen LogP contribution < -0.4 is 5.32 Å². The molecule has 0 radical (unpaired) electrons. The number of carbonyl (C=O) groups excluding carboxylic acids is 1. The van der Waals surface area contributed by atoms with Crippen molar-refractivity contribution in [2.75, 3.05) is 26.8 Å². The second-order valence-corrected chi connectivity index (χ2v) is 6.74. The molecular weight excluding hydrogens is 322 g/mol. The number of methoxy groups -OCH3 is 1. The van der Waals surface area contributed by atoms with Crippen molar-refractivity contribution >= 4 is 21.9 Å². The lowest BCUT2D eigenvalue weighted by atomic mass is 9.54. The van der Waals surface area contributed by atoms with Gasteiger partial charge >= 0.3 is 5.97 Å². The summed E-state index contributed by atoms with van der Waals surface area (Å²) in [6.07, 6.45) is 1.93. The molecule has 4 nitrogen and oxygen atoms in total. The highest BCUT2D eigenvalue weighted by atomic mass is 79.9. The van der Waals surface area contributed by atoms with Gasteiger partial charge in [-0.15, -0.1) is 0 Å². The SMILES string of the molecule is COC(=O)COC1(c2ccc(Br)cc2)CC2(CNC2)C1. The van der Waals surface area contributed by atoms with Crippen LogP contribution in [-0.4, -0.2) is 32.8 Å². The van der Waals surface area contributed by atoms with Crippen molar-refractivity contribution in [1.82, 2.24) is 5.32 Å². The molecule has 3 rings (SSSR count). The van der Waals surface area contributed by atoms with Crippen LogP contribution in [0.5, 0.6) is 0 Å². The van der Waals surface area contributed by atoms with Crippen molar-refractivity contribution in [2.24, 2.45) is 5.41 Å². The van der Waals surface area contributed by atoms with Gasteiger partial charge in [0, 0.05) is 23.0 Å². The summed E-state index contributed by atoms with van der Waals surface area (Å²) >= 11 is 3.45. The average Bonchev–Trinajstić information content (AvgIpc) is 2.37. The second-order valence-electron chi connectivity index (χ2n) is 5.82. The molecule has 1 spiro atoms. The summed E-state index contributed by atoms with van der Waals surface area (Å²) in [5, 5.41) is 3.32. The van der Waals surface area contributed by atoms with Crippen LogP contribution in [0.25, 0.3) is 0 Å². The van der Waals surface area contributed by atoms with E-state index in [1.165, 1.54) is 7.11 Å². The van der Waals surface area contributed by atoms with Gasteiger partial charge in [-0.2, -0.15) is 0 Å². The summed E-state index contributed by atoms with van der Waals surface area (Å²) in [5.74, 6) is -0.325. The zero-order valence-corrected chi connectivity index (χ0v) is 13.0. The van der Waals surface area contributed by atoms with E-state index >= 15 is 0 Å². The van der Waals surface area contributed by atoms with E-state index in [4.69, 9.17) is 4.74 Å². The Labute approximate surface area is 127 Å².